The summed E-state index contributed by atoms with van der Waals surface area (Å²) < 4.78 is 0. The van der Waals surface area contributed by atoms with Gasteiger partial charge in [-0.2, -0.15) is 0 Å². The highest BCUT2D eigenvalue weighted by atomic mass is 32.1. The van der Waals surface area contributed by atoms with Gasteiger partial charge in [-0.3, -0.25) is 0 Å². The molecule has 2 heteroatoms. The largest absolute Gasteiger partial charge is 0.309 e. The maximum atomic E-state index is 2.25. The molecule has 12 heavy (non-hydrogen) atoms. The number of hydrogen-bond acceptors (Lipinski definition) is 2. The molecule has 0 atom stereocenters. The summed E-state index contributed by atoms with van der Waals surface area (Å²) in [6.45, 7) is 3.39. The van der Waals surface area contributed by atoms with Crippen LogP contribution in [0.1, 0.15) is 16.9 Å². The summed E-state index contributed by atoms with van der Waals surface area (Å²) in [7, 11) is 4.25. The molecule has 1 aromatic rings. The SMILES string of the molecule is Cc1sccc1CCCN(C)C. The summed E-state index contributed by atoms with van der Waals surface area (Å²) >= 11 is 1.85. The third-order valence-electron chi connectivity index (χ3n) is 2.02. The lowest BCUT2D eigenvalue weighted by Gasteiger charge is -2.08. The fraction of sp³-hybridized carbons (Fsp3) is 0.600. The van der Waals surface area contributed by atoms with Crippen molar-refractivity contribution in [2.24, 2.45) is 0 Å². The number of aryl methyl sites for hydroxylation is 2. The van der Waals surface area contributed by atoms with Crippen LogP contribution in [0, 0.1) is 6.92 Å². The van der Waals surface area contributed by atoms with Gasteiger partial charge in [-0.25, -0.2) is 0 Å². The van der Waals surface area contributed by atoms with E-state index in [0.717, 1.165) is 0 Å². The van der Waals surface area contributed by atoms with Gasteiger partial charge in [0.05, 0.1) is 0 Å². The highest BCUT2D eigenvalue weighted by Gasteiger charge is 1.98. The third-order valence-corrected chi connectivity index (χ3v) is 2.91. The number of rotatable bonds is 4. The standard InChI is InChI=1S/C10H17NS/c1-9-10(6-8-12-9)5-4-7-11(2)3/h6,8H,4-5,7H2,1-3H3. The van der Waals surface area contributed by atoms with E-state index in [1.807, 2.05) is 11.3 Å². The van der Waals surface area contributed by atoms with E-state index < -0.39 is 0 Å². The van der Waals surface area contributed by atoms with Crippen LogP contribution < -0.4 is 0 Å². The van der Waals surface area contributed by atoms with E-state index in [1.54, 1.807) is 0 Å². The molecule has 1 heterocycles. The van der Waals surface area contributed by atoms with Crippen LogP contribution >= 0.6 is 11.3 Å². The van der Waals surface area contributed by atoms with Gasteiger partial charge in [0.1, 0.15) is 0 Å². The van der Waals surface area contributed by atoms with Crippen molar-refractivity contribution in [2.45, 2.75) is 19.8 Å². The lowest BCUT2D eigenvalue weighted by molar-refractivity contribution is 0.400. The van der Waals surface area contributed by atoms with Crippen molar-refractivity contribution in [1.29, 1.82) is 0 Å². The van der Waals surface area contributed by atoms with E-state index in [4.69, 9.17) is 0 Å². The molecule has 1 aromatic heterocycles. The molecule has 1 nitrogen and oxygen atoms in total. The number of thiophene rings is 1. The van der Waals surface area contributed by atoms with E-state index >= 15 is 0 Å². The maximum Gasteiger partial charge on any atom is 0.00461 e. The van der Waals surface area contributed by atoms with E-state index in [9.17, 15) is 0 Å². The van der Waals surface area contributed by atoms with Gasteiger partial charge in [-0.15, -0.1) is 11.3 Å². The fourth-order valence-corrected chi connectivity index (χ4v) is 2.01. The van der Waals surface area contributed by atoms with Crippen LogP contribution in [0.2, 0.25) is 0 Å². The molecular formula is C10H17NS. The van der Waals surface area contributed by atoms with Crippen LogP contribution in [0.5, 0.6) is 0 Å². The Labute approximate surface area is 79.0 Å². The van der Waals surface area contributed by atoms with E-state index in [-0.39, 0.29) is 0 Å². The lowest BCUT2D eigenvalue weighted by atomic mass is 10.1. The Hall–Kier alpha value is -0.340. The van der Waals surface area contributed by atoms with E-state index in [0.29, 0.717) is 0 Å². The maximum absolute atomic E-state index is 2.25. The summed E-state index contributed by atoms with van der Waals surface area (Å²) in [4.78, 5) is 3.72. The van der Waals surface area contributed by atoms with Gasteiger partial charge in [0.25, 0.3) is 0 Å². The van der Waals surface area contributed by atoms with Crippen molar-refractivity contribution in [1.82, 2.24) is 4.90 Å². The van der Waals surface area contributed by atoms with Gasteiger partial charge in [-0.05, 0) is 57.4 Å². The molecular weight excluding hydrogens is 166 g/mol. The highest BCUT2D eigenvalue weighted by molar-refractivity contribution is 7.10. The minimum atomic E-state index is 1.19. The molecule has 0 fully saturated rings. The molecule has 0 aromatic carbocycles. The molecule has 0 aliphatic heterocycles. The van der Waals surface area contributed by atoms with Gasteiger partial charge in [0.2, 0.25) is 0 Å². The molecule has 0 saturated heterocycles. The first-order chi connectivity index (χ1) is 5.70. The van der Waals surface area contributed by atoms with Crippen LogP contribution in [-0.4, -0.2) is 25.5 Å². The summed E-state index contributed by atoms with van der Waals surface area (Å²) in [6, 6.07) is 2.25. The Kier molecular flexibility index (Phi) is 3.76. The predicted octanol–water partition coefficient (Wildman–Crippen LogP) is 2.55. The molecule has 0 unspecified atom stereocenters. The molecule has 0 N–H and O–H groups in total. The minimum absolute atomic E-state index is 1.19. The predicted molar refractivity (Wildman–Crippen MR) is 55.9 cm³/mol. The van der Waals surface area contributed by atoms with Crippen LogP contribution in [0.4, 0.5) is 0 Å². The summed E-state index contributed by atoms with van der Waals surface area (Å²) in [5, 5.41) is 2.18. The lowest BCUT2D eigenvalue weighted by Crippen LogP contribution is -2.13. The van der Waals surface area contributed by atoms with Gasteiger partial charge >= 0.3 is 0 Å². The molecule has 68 valence electrons. The van der Waals surface area contributed by atoms with Crippen molar-refractivity contribution >= 4 is 11.3 Å². The van der Waals surface area contributed by atoms with E-state index in [2.05, 4.69) is 37.4 Å². The van der Waals surface area contributed by atoms with Crippen LogP contribution in [0.15, 0.2) is 11.4 Å². The van der Waals surface area contributed by atoms with Crippen LogP contribution in [0.25, 0.3) is 0 Å². The zero-order valence-corrected chi connectivity index (χ0v) is 8.95. The average molecular weight is 183 g/mol. The first-order valence-corrected chi connectivity index (χ1v) is 5.26. The Morgan fingerprint density at radius 2 is 2.17 bits per heavy atom. The Bertz CT molecular complexity index is 227. The van der Waals surface area contributed by atoms with E-state index in [1.165, 1.54) is 29.8 Å². The molecule has 0 aliphatic carbocycles. The molecule has 0 amide bonds. The van der Waals surface area contributed by atoms with Crippen molar-refractivity contribution in [3.05, 3.63) is 21.9 Å². The van der Waals surface area contributed by atoms with Gasteiger partial charge in [-0.1, -0.05) is 0 Å². The normalized spacial score (nSPS) is 11.0. The van der Waals surface area contributed by atoms with Crippen LogP contribution in [0.3, 0.4) is 0 Å². The fourth-order valence-electron chi connectivity index (χ4n) is 1.26. The molecule has 0 radical (unpaired) electrons. The monoisotopic (exact) mass is 183 g/mol. The first-order valence-electron chi connectivity index (χ1n) is 4.38. The molecule has 0 bridgehead atoms. The highest BCUT2D eigenvalue weighted by Crippen LogP contribution is 2.16. The average Bonchev–Trinajstić information content (AvgIpc) is 2.36. The quantitative estimate of drug-likeness (QED) is 0.693. The second kappa shape index (κ2) is 4.63. The Morgan fingerprint density at radius 1 is 1.42 bits per heavy atom. The first kappa shape index (κ1) is 9.75. The number of hydrogen-bond donors (Lipinski definition) is 0. The smallest absolute Gasteiger partial charge is 0.00461 e. The minimum Gasteiger partial charge on any atom is -0.309 e. The van der Waals surface area contributed by atoms with Gasteiger partial charge in [0.15, 0.2) is 0 Å². The number of nitrogens with zero attached hydrogens (tertiary/aromatic N) is 1. The van der Waals surface area contributed by atoms with Crippen molar-refractivity contribution in [3.8, 4) is 0 Å². The second-order valence-corrected chi connectivity index (χ2v) is 4.53. The molecule has 0 spiro atoms. The van der Waals surface area contributed by atoms with Gasteiger partial charge < -0.3 is 4.90 Å². The van der Waals surface area contributed by atoms with Crippen molar-refractivity contribution in [3.63, 3.8) is 0 Å². The van der Waals surface area contributed by atoms with Gasteiger partial charge in [0, 0.05) is 4.88 Å². The van der Waals surface area contributed by atoms with Crippen LogP contribution in [-0.2, 0) is 6.42 Å². The zero-order valence-electron chi connectivity index (χ0n) is 8.13. The summed E-state index contributed by atoms with van der Waals surface area (Å²) in [6.07, 6.45) is 2.50. The van der Waals surface area contributed by atoms with Crippen molar-refractivity contribution in [2.75, 3.05) is 20.6 Å². The third kappa shape index (κ3) is 2.95. The van der Waals surface area contributed by atoms with Crippen molar-refractivity contribution < 1.29 is 0 Å². The molecule has 1 rings (SSSR count). The topological polar surface area (TPSA) is 3.24 Å². The second-order valence-electron chi connectivity index (χ2n) is 3.41. The molecule has 0 aliphatic rings. The molecule has 0 saturated carbocycles. The zero-order chi connectivity index (χ0) is 8.97. The summed E-state index contributed by atoms with van der Waals surface area (Å²) in [5.74, 6) is 0. The Morgan fingerprint density at radius 3 is 2.67 bits per heavy atom. The summed E-state index contributed by atoms with van der Waals surface area (Å²) in [5.41, 5.74) is 1.53. The Balaban J connectivity index is 2.29.